The van der Waals surface area contributed by atoms with E-state index in [1.165, 1.54) is 12.1 Å². The van der Waals surface area contributed by atoms with Crippen LogP contribution in [0.3, 0.4) is 0 Å². The summed E-state index contributed by atoms with van der Waals surface area (Å²) in [6.07, 6.45) is 2.35. The van der Waals surface area contributed by atoms with Crippen molar-refractivity contribution >= 4 is 27.5 Å². The SMILES string of the molecule is O=C(NCCc1nc2ccccc2s1)c1ccn(-c2ccc(F)cc2)n1. The van der Waals surface area contributed by atoms with E-state index < -0.39 is 0 Å². The molecular weight excluding hydrogens is 351 g/mol. The number of thiazole rings is 1. The summed E-state index contributed by atoms with van der Waals surface area (Å²) in [6, 6.07) is 15.5. The van der Waals surface area contributed by atoms with E-state index in [9.17, 15) is 9.18 Å². The maximum atomic E-state index is 13.0. The average molecular weight is 366 g/mol. The highest BCUT2D eigenvalue weighted by atomic mass is 32.1. The molecule has 0 saturated heterocycles. The van der Waals surface area contributed by atoms with Gasteiger partial charge in [-0.25, -0.2) is 14.1 Å². The zero-order valence-electron chi connectivity index (χ0n) is 13.7. The van der Waals surface area contributed by atoms with Crippen LogP contribution in [0.4, 0.5) is 4.39 Å². The van der Waals surface area contributed by atoms with Gasteiger partial charge in [0.05, 0.1) is 20.9 Å². The van der Waals surface area contributed by atoms with Crippen LogP contribution in [-0.4, -0.2) is 27.2 Å². The van der Waals surface area contributed by atoms with E-state index in [-0.39, 0.29) is 11.7 Å². The molecule has 0 saturated carbocycles. The quantitative estimate of drug-likeness (QED) is 0.587. The molecule has 7 heteroatoms. The maximum absolute atomic E-state index is 13.0. The third-order valence-corrected chi connectivity index (χ3v) is 4.97. The molecule has 0 atom stereocenters. The first kappa shape index (κ1) is 16.4. The number of carbonyl (C=O) groups excluding carboxylic acids is 1. The van der Waals surface area contributed by atoms with Crippen LogP contribution in [0.2, 0.25) is 0 Å². The van der Waals surface area contributed by atoms with E-state index in [0.29, 0.717) is 24.3 Å². The lowest BCUT2D eigenvalue weighted by atomic mass is 10.3. The van der Waals surface area contributed by atoms with Crippen LogP contribution >= 0.6 is 11.3 Å². The third kappa shape index (κ3) is 3.48. The number of fused-ring (bicyclic) bond motifs is 1. The van der Waals surface area contributed by atoms with Crippen LogP contribution in [0.15, 0.2) is 60.8 Å². The molecule has 0 aliphatic rings. The minimum absolute atomic E-state index is 0.244. The van der Waals surface area contributed by atoms with Crippen molar-refractivity contribution < 1.29 is 9.18 Å². The molecule has 1 amide bonds. The predicted molar refractivity (Wildman–Crippen MR) is 99.2 cm³/mol. The van der Waals surface area contributed by atoms with Gasteiger partial charge in [-0.05, 0) is 42.5 Å². The molecule has 1 N–H and O–H groups in total. The lowest BCUT2D eigenvalue weighted by Gasteiger charge is -2.02. The van der Waals surface area contributed by atoms with Crippen molar-refractivity contribution in [2.24, 2.45) is 0 Å². The van der Waals surface area contributed by atoms with Crippen LogP contribution in [0.1, 0.15) is 15.5 Å². The molecule has 2 heterocycles. The first-order chi connectivity index (χ1) is 12.7. The Morgan fingerprint density at radius 1 is 1.12 bits per heavy atom. The summed E-state index contributed by atoms with van der Waals surface area (Å²) in [5, 5.41) is 8.09. The Kier molecular flexibility index (Phi) is 4.45. The second kappa shape index (κ2) is 7.05. The molecule has 0 radical (unpaired) electrons. The fourth-order valence-corrected chi connectivity index (χ4v) is 3.55. The van der Waals surface area contributed by atoms with Crippen LogP contribution < -0.4 is 5.32 Å². The van der Waals surface area contributed by atoms with Crippen LogP contribution in [0.5, 0.6) is 0 Å². The van der Waals surface area contributed by atoms with Gasteiger partial charge in [-0.1, -0.05) is 12.1 Å². The van der Waals surface area contributed by atoms with Gasteiger partial charge in [0.1, 0.15) is 5.82 Å². The second-order valence-electron chi connectivity index (χ2n) is 5.70. The number of nitrogens with zero attached hydrogens (tertiary/aromatic N) is 3. The van der Waals surface area contributed by atoms with Gasteiger partial charge in [0.2, 0.25) is 0 Å². The van der Waals surface area contributed by atoms with Crippen molar-refractivity contribution in [3.63, 3.8) is 0 Å². The molecule has 5 nitrogen and oxygen atoms in total. The zero-order valence-corrected chi connectivity index (χ0v) is 14.5. The number of hydrogen-bond donors (Lipinski definition) is 1. The molecule has 0 spiro atoms. The first-order valence-corrected chi connectivity index (χ1v) is 8.95. The van der Waals surface area contributed by atoms with Gasteiger partial charge < -0.3 is 5.32 Å². The summed E-state index contributed by atoms with van der Waals surface area (Å²) in [7, 11) is 0. The Bertz CT molecular complexity index is 1020. The Hall–Kier alpha value is -3.06. The topological polar surface area (TPSA) is 59.8 Å². The minimum Gasteiger partial charge on any atom is -0.350 e. The molecule has 0 aliphatic heterocycles. The molecule has 0 bridgehead atoms. The van der Waals surface area contributed by atoms with Gasteiger partial charge in [-0.2, -0.15) is 5.10 Å². The van der Waals surface area contributed by atoms with Crippen molar-refractivity contribution in [1.82, 2.24) is 20.1 Å². The Morgan fingerprint density at radius 3 is 2.73 bits per heavy atom. The van der Waals surface area contributed by atoms with E-state index in [1.54, 1.807) is 40.4 Å². The molecular formula is C19H15FN4OS. The zero-order chi connectivity index (χ0) is 17.9. The Labute approximate surface area is 153 Å². The number of hydrogen-bond acceptors (Lipinski definition) is 4. The number of benzene rings is 2. The molecule has 4 rings (SSSR count). The van der Waals surface area contributed by atoms with Gasteiger partial charge in [0, 0.05) is 19.2 Å². The number of halogens is 1. The van der Waals surface area contributed by atoms with Crippen LogP contribution in [-0.2, 0) is 6.42 Å². The summed E-state index contributed by atoms with van der Waals surface area (Å²) in [5.74, 6) is -0.555. The molecule has 0 aliphatic carbocycles. The number of para-hydroxylation sites is 1. The van der Waals surface area contributed by atoms with Gasteiger partial charge in [0.15, 0.2) is 5.69 Å². The minimum atomic E-state index is -0.311. The standard InChI is InChI=1S/C19H15FN4OS/c20-13-5-7-14(8-6-13)24-12-10-16(23-24)19(25)21-11-9-18-22-15-3-1-2-4-17(15)26-18/h1-8,10,12H,9,11H2,(H,21,25). The molecule has 0 unspecified atom stereocenters. The predicted octanol–water partition coefficient (Wildman–Crippen LogP) is 3.59. The lowest BCUT2D eigenvalue weighted by molar-refractivity contribution is 0.0948. The van der Waals surface area contributed by atoms with Gasteiger partial charge in [-0.3, -0.25) is 4.79 Å². The average Bonchev–Trinajstić information content (AvgIpc) is 3.29. The second-order valence-corrected chi connectivity index (χ2v) is 6.82. The molecule has 4 aromatic rings. The fourth-order valence-electron chi connectivity index (χ4n) is 2.58. The molecule has 2 aromatic carbocycles. The van der Waals surface area contributed by atoms with E-state index in [0.717, 1.165) is 15.2 Å². The summed E-state index contributed by atoms with van der Waals surface area (Å²) in [5.41, 5.74) is 2.00. The van der Waals surface area contributed by atoms with Crippen molar-refractivity contribution in [3.8, 4) is 5.69 Å². The van der Waals surface area contributed by atoms with Crippen LogP contribution in [0.25, 0.3) is 15.9 Å². The smallest absolute Gasteiger partial charge is 0.271 e. The Balaban J connectivity index is 1.37. The maximum Gasteiger partial charge on any atom is 0.271 e. The Morgan fingerprint density at radius 2 is 1.92 bits per heavy atom. The van der Waals surface area contributed by atoms with Crippen molar-refractivity contribution in [1.29, 1.82) is 0 Å². The third-order valence-electron chi connectivity index (χ3n) is 3.88. The summed E-state index contributed by atoms with van der Waals surface area (Å²) in [4.78, 5) is 16.8. The normalized spacial score (nSPS) is 11.0. The molecule has 2 aromatic heterocycles. The largest absolute Gasteiger partial charge is 0.350 e. The van der Waals surface area contributed by atoms with Gasteiger partial charge >= 0.3 is 0 Å². The van der Waals surface area contributed by atoms with E-state index in [1.807, 2.05) is 24.3 Å². The van der Waals surface area contributed by atoms with E-state index >= 15 is 0 Å². The monoisotopic (exact) mass is 366 g/mol. The highest BCUT2D eigenvalue weighted by Gasteiger charge is 2.10. The van der Waals surface area contributed by atoms with E-state index in [4.69, 9.17) is 0 Å². The highest BCUT2D eigenvalue weighted by Crippen LogP contribution is 2.21. The molecule has 0 fully saturated rings. The number of nitrogens with one attached hydrogen (secondary N) is 1. The fraction of sp³-hybridized carbons (Fsp3) is 0.105. The first-order valence-electron chi connectivity index (χ1n) is 8.13. The van der Waals surface area contributed by atoms with Crippen molar-refractivity contribution in [3.05, 3.63) is 77.3 Å². The number of aromatic nitrogens is 3. The van der Waals surface area contributed by atoms with E-state index in [2.05, 4.69) is 15.4 Å². The number of amides is 1. The molecule has 26 heavy (non-hydrogen) atoms. The van der Waals surface area contributed by atoms with Crippen molar-refractivity contribution in [2.75, 3.05) is 6.54 Å². The summed E-state index contributed by atoms with van der Waals surface area (Å²) >= 11 is 1.63. The molecule has 130 valence electrons. The van der Waals surface area contributed by atoms with Gasteiger partial charge in [0.25, 0.3) is 5.91 Å². The summed E-state index contributed by atoms with van der Waals surface area (Å²) in [6.45, 7) is 0.488. The van der Waals surface area contributed by atoms with Crippen molar-refractivity contribution in [2.45, 2.75) is 6.42 Å². The van der Waals surface area contributed by atoms with Gasteiger partial charge in [-0.15, -0.1) is 11.3 Å². The summed E-state index contributed by atoms with van der Waals surface area (Å²) < 4.78 is 15.7. The number of carbonyl (C=O) groups is 1. The lowest BCUT2D eigenvalue weighted by Crippen LogP contribution is -2.26. The van der Waals surface area contributed by atoms with Crippen LogP contribution in [0, 0.1) is 5.82 Å². The highest BCUT2D eigenvalue weighted by molar-refractivity contribution is 7.18. The number of rotatable bonds is 5.